The molecule has 0 aliphatic carbocycles. The highest BCUT2D eigenvalue weighted by Crippen LogP contribution is 2.14. The van der Waals surface area contributed by atoms with E-state index in [1.54, 1.807) is 0 Å². The van der Waals surface area contributed by atoms with Gasteiger partial charge in [0.05, 0.1) is 6.10 Å². The van der Waals surface area contributed by atoms with Crippen LogP contribution in [0.5, 0.6) is 0 Å². The van der Waals surface area contributed by atoms with Crippen LogP contribution in [0.4, 0.5) is 0 Å². The first-order chi connectivity index (χ1) is 5.36. The Morgan fingerprint density at radius 2 is 2.55 bits per heavy atom. The molecule has 64 valence electrons. The molecule has 11 heavy (non-hydrogen) atoms. The summed E-state index contributed by atoms with van der Waals surface area (Å²) in [5, 5.41) is 0. The van der Waals surface area contributed by atoms with Gasteiger partial charge in [0.25, 0.3) is 0 Å². The van der Waals surface area contributed by atoms with Crippen LogP contribution < -0.4 is 0 Å². The van der Waals surface area contributed by atoms with Gasteiger partial charge in [-0.2, -0.15) is 0 Å². The minimum Gasteiger partial charge on any atom is -0.349 e. The minimum atomic E-state index is -0.103. The van der Waals surface area contributed by atoms with Gasteiger partial charge in [0.1, 0.15) is 0 Å². The first-order valence-electron chi connectivity index (χ1n) is 3.86. The average Bonchev–Trinajstić information content (AvgIpc) is 2.06. The van der Waals surface area contributed by atoms with Crippen LogP contribution >= 0.6 is 22.6 Å². The lowest BCUT2D eigenvalue weighted by Gasteiger charge is -2.23. The molecule has 1 rings (SSSR count). The van der Waals surface area contributed by atoms with Crippen molar-refractivity contribution in [3.63, 3.8) is 0 Å². The zero-order chi connectivity index (χ0) is 8.10. The summed E-state index contributed by atoms with van der Waals surface area (Å²) in [5.74, 6) is 0. The second-order valence-corrected chi connectivity index (χ2v) is 3.28. The molecule has 1 heterocycles. The summed E-state index contributed by atoms with van der Waals surface area (Å²) in [6.45, 7) is 2.69. The van der Waals surface area contributed by atoms with E-state index in [9.17, 15) is 0 Å². The maximum atomic E-state index is 5.56. The minimum absolute atomic E-state index is 0.103. The Morgan fingerprint density at radius 3 is 3.18 bits per heavy atom. The van der Waals surface area contributed by atoms with E-state index in [-0.39, 0.29) is 6.29 Å². The van der Waals surface area contributed by atoms with Crippen LogP contribution in [0, 0.1) is 0 Å². The lowest BCUT2D eigenvalue weighted by molar-refractivity contribution is -0.137. The van der Waals surface area contributed by atoms with Gasteiger partial charge in [-0.15, -0.1) is 0 Å². The number of hydrogen-bond donors (Lipinski definition) is 0. The fraction of sp³-hybridized carbons (Fsp3) is 0.750. The summed E-state index contributed by atoms with van der Waals surface area (Å²) in [4.78, 5) is 0. The number of halogens is 1. The van der Waals surface area contributed by atoms with Gasteiger partial charge in [-0.05, 0) is 19.4 Å². The number of ether oxygens (including phenoxy) is 2. The van der Waals surface area contributed by atoms with Crippen molar-refractivity contribution in [2.24, 2.45) is 0 Å². The molecule has 0 aromatic carbocycles. The van der Waals surface area contributed by atoms with Crippen molar-refractivity contribution in [1.82, 2.24) is 0 Å². The Kier molecular flexibility index (Phi) is 4.40. The SMILES string of the molecule is CCO[C@@H]1C=CC[C@@H](CI)O1. The molecule has 1 aliphatic rings. The lowest BCUT2D eigenvalue weighted by atomic mass is 10.2. The molecule has 0 amide bonds. The molecular formula is C8H13IO2. The molecule has 0 fully saturated rings. The molecule has 0 aromatic rings. The van der Waals surface area contributed by atoms with E-state index in [1.807, 2.05) is 13.0 Å². The van der Waals surface area contributed by atoms with E-state index in [0.29, 0.717) is 12.7 Å². The van der Waals surface area contributed by atoms with Crippen LogP contribution in [-0.4, -0.2) is 23.4 Å². The second kappa shape index (κ2) is 5.11. The lowest BCUT2D eigenvalue weighted by Crippen LogP contribution is -2.27. The summed E-state index contributed by atoms with van der Waals surface area (Å²) in [6, 6.07) is 0. The summed E-state index contributed by atoms with van der Waals surface area (Å²) >= 11 is 2.33. The van der Waals surface area contributed by atoms with Crippen LogP contribution in [0.25, 0.3) is 0 Å². The van der Waals surface area contributed by atoms with Gasteiger partial charge in [0.15, 0.2) is 6.29 Å². The Labute approximate surface area is 81.1 Å². The third-order valence-electron chi connectivity index (χ3n) is 1.52. The molecule has 0 unspecified atom stereocenters. The highest BCUT2D eigenvalue weighted by atomic mass is 127. The summed E-state index contributed by atoms with van der Waals surface area (Å²) in [7, 11) is 0. The second-order valence-electron chi connectivity index (χ2n) is 2.40. The Balaban J connectivity index is 2.33. The van der Waals surface area contributed by atoms with Crippen LogP contribution in [0.3, 0.4) is 0 Å². The van der Waals surface area contributed by atoms with E-state index in [2.05, 4.69) is 28.7 Å². The molecule has 0 radical (unpaired) electrons. The Hall–Kier alpha value is 0.390. The maximum Gasteiger partial charge on any atom is 0.177 e. The number of alkyl halides is 1. The highest BCUT2D eigenvalue weighted by Gasteiger charge is 2.16. The van der Waals surface area contributed by atoms with E-state index in [0.717, 1.165) is 10.8 Å². The largest absolute Gasteiger partial charge is 0.349 e. The van der Waals surface area contributed by atoms with E-state index < -0.39 is 0 Å². The van der Waals surface area contributed by atoms with Crippen molar-refractivity contribution in [3.8, 4) is 0 Å². The normalized spacial score (nSPS) is 30.7. The quantitative estimate of drug-likeness (QED) is 0.443. The van der Waals surface area contributed by atoms with Crippen LogP contribution in [-0.2, 0) is 9.47 Å². The predicted molar refractivity (Wildman–Crippen MR) is 52.9 cm³/mol. The third-order valence-corrected chi connectivity index (χ3v) is 2.50. The molecule has 1 aliphatic heterocycles. The fourth-order valence-corrected chi connectivity index (χ4v) is 1.56. The highest BCUT2D eigenvalue weighted by molar-refractivity contribution is 14.1. The standard InChI is InChI=1S/C8H13IO2/c1-2-10-8-5-3-4-7(6-9)11-8/h3,5,7-8H,2,4,6H2,1H3/t7-,8-/m0/s1. The van der Waals surface area contributed by atoms with Crippen LogP contribution in [0.2, 0.25) is 0 Å². The first-order valence-corrected chi connectivity index (χ1v) is 5.39. The smallest absolute Gasteiger partial charge is 0.177 e. The van der Waals surface area contributed by atoms with Crippen molar-refractivity contribution in [1.29, 1.82) is 0 Å². The zero-order valence-electron chi connectivity index (χ0n) is 6.63. The van der Waals surface area contributed by atoms with E-state index in [4.69, 9.17) is 9.47 Å². The summed E-state index contributed by atoms with van der Waals surface area (Å²) in [6.07, 6.45) is 5.37. The molecule has 0 spiro atoms. The number of rotatable bonds is 3. The average molecular weight is 268 g/mol. The molecule has 0 bridgehead atoms. The molecular weight excluding hydrogens is 255 g/mol. The number of hydrogen-bond acceptors (Lipinski definition) is 2. The molecule has 3 heteroatoms. The van der Waals surface area contributed by atoms with Gasteiger partial charge in [-0.25, -0.2) is 0 Å². The molecule has 0 aromatic heterocycles. The van der Waals surface area contributed by atoms with Gasteiger partial charge < -0.3 is 9.47 Å². The van der Waals surface area contributed by atoms with Gasteiger partial charge in [0.2, 0.25) is 0 Å². The van der Waals surface area contributed by atoms with Crippen LogP contribution in [0.1, 0.15) is 13.3 Å². The van der Waals surface area contributed by atoms with Gasteiger partial charge in [0, 0.05) is 11.0 Å². The van der Waals surface area contributed by atoms with Crippen molar-refractivity contribution in [2.75, 3.05) is 11.0 Å². The van der Waals surface area contributed by atoms with Crippen LogP contribution in [0.15, 0.2) is 12.2 Å². The molecule has 2 nitrogen and oxygen atoms in total. The fourth-order valence-electron chi connectivity index (χ4n) is 0.991. The summed E-state index contributed by atoms with van der Waals surface area (Å²) < 4.78 is 11.9. The summed E-state index contributed by atoms with van der Waals surface area (Å²) in [5.41, 5.74) is 0. The molecule has 0 saturated heterocycles. The van der Waals surface area contributed by atoms with E-state index in [1.165, 1.54) is 0 Å². The van der Waals surface area contributed by atoms with Gasteiger partial charge in [-0.1, -0.05) is 28.7 Å². The van der Waals surface area contributed by atoms with Gasteiger partial charge >= 0.3 is 0 Å². The third kappa shape index (κ3) is 3.09. The monoisotopic (exact) mass is 268 g/mol. The predicted octanol–water partition coefficient (Wildman–Crippen LogP) is 2.13. The maximum absolute atomic E-state index is 5.56. The molecule has 2 atom stereocenters. The zero-order valence-corrected chi connectivity index (χ0v) is 8.78. The first kappa shape index (κ1) is 9.48. The topological polar surface area (TPSA) is 18.5 Å². The Bertz CT molecular complexity index is 136. The van der Waals surface area contributed by atoms with Crippen molar-refractivity contribution >= 4 is 22.6 Å². The van der Waals surface area contributed by atoms with Crippen molar-refractivity contribution < 1.29 is 9.47 Å². The van der Waals surface area contributed by atoms with Crippen molar-refractivity contribution in [2.45, 2.75) is 25.7 Å². The molecule has 0 saturated carbocycles. The van der Waals surface area contributed by atoms with Crippen molar-refractivity contribution in [3.05, 3.63) is 12.2 Å². The van der Waals surface area contributed by atoms with Gasteiger partial charge in [-0.3, -0.25) is 0 Å². The molecule has 0 N–H and O–H groups in total. The van der Waals surface area contributed by atoms with E-state index >= 15 is 0 Å². The Morgan fingerprint density at radius 1 is 1.73 bits per heavy atom.